The van der Waals surface area contributed by atoms with Gasteiger partial charge in [-0.15, -0.1) is 0 Å². The molecule has 1 heterocycles. The van der Waals surface area contributed by atoms with E-state index < -0.39 is 22.1 Å². The predicted octanol–water partition coefficient (Wildman–Crippen LogP) is 0.00980. The number of aromatic nitrogens is 2. The third-order valence-electron chi connectivity index (χ3n) is 2.51. The lowest BCUT2D eigenvalue weighted by atomic mass is 10.2. The number of nitrogens with zero attached hydrogens (tertiary/aromatic N) is 2. The first-order chi connectivity index (χ1) is 9.88. The summed E-state index contributed by atoms with van der Waals surface area (Å²) in [6, 6.07) is 3.81. The molecule has 0 spiro atoms. The van der Waals surface area contributed by atoms with Gasteiger partial charge in [-0.05, 0) is 12.1 Å². The van der Waals surface area contributed by atoms with Crippen molar-refractivity contribution in [3.8, 4) is 5.88 Å². The molecule has 0 saturated heterocycles. The number of anilines is 1. The Morgan fingerprint density at radius 1 is 1.33 bits per heavy atom. The van der Waals surface area contributed by atoms with E-state index in [0.29, 0.717) is 0 Å². The van der Waals surface area contributed by atoms with Gasteiger partial charge in [0.05, 0.1) is 10.6 Å². The fourth-order valence-electron chi connectivity index (χ4n) is 1.51. The van der Waals surface area contributed by atoms with Crippen LogP contribution in [0.3, 0.4) is 0 Å². The third-order valence-corrected chi connectivity index (χ3v) is 2.51. The van der Waals surface area contributed by atoms with Gasteiger partial charge in [0.15, 0.2) is 0 Å². The van der Waals surface area contributed by atoms with Crippen LogP contribution in [0.25, 0.3) is 0 Å². The molecule has 10 nitrogen and oxygen atoms in total. The van der Waals surface area contributed by atoms with Gasteiger partial charge in [-0.1, -0.05) is 0 Å². The lowest BCUT2D eigenvalue weighted by molar-refractivity contribution is -0.383. The van der Waals surface area contributed by atoms with Crippen molar-refractivity contribution >= 4 is 23.3 Å². The molecule has 0 aliphatic carbocycles. The molecule has 21 heavy (non-hydrogen) atoms. The van der Waals surface area contributed by atoms with Crippen molar-refractivity contribution in [1.29, 1.82) is 0 Å². The zero-order valence-electron chi connectivity index (χ0n) is 10.4. The number of benzene rings is 1. The first-order valence-corrected chi connectivity index (χ1v) is 5.52. The number of nitro benzene ring substituents is 1. The molecule has 2 aromatic rings. The average molecular weight is 291 g/mol. The number of rotatable bonds is 3. The van der Waals surface area contributed by atoms with Crippen molar-refractivity contribution in [2.45, 2.75) is 0 Å². The van der Waals surface area contributed by atoms with Crippen LogP contribution in [0.4, 0.5) is 17.1 Å². The summed E-state index contributed by atoms with van der Waals surface area (Å²) >= 11 is 0. The lowest BCUT2D eigenvalue weighted by Gasteiger charge is -1.99. The highest BCUT2D eigenvalue weighted by molar-refractivity contribution is 5.84. The maximum absolute atomic E-state index is 11.5. The van der Waals surface area contributed by atoms with Gasteiger partial charge in [0.2, 0.25) is 5.88 Å². The Bertz CT molecular complexity index is 851. The van der Waals surface area contributed by atoms with E-state index in [9.17, 15) is 24.8 Å². The van der Waals surface area contributed by atoms with E-state index in [1.54, 1.807) is 0 Å². The molecule has 2 rings (SSSR count). The zero-order valence-corrected chi connectivity index (χ0v) is 10.4. The largest absolute Gasteiger partial charge is 0.494 e. The number of nitrogens with two attached hydrogens (primary N) is 1. The molecule has 0 amide bonds. The molecule has 0 bridgehead atoms. The van der Waals surface area contributed by atoms with Gasteiger partial charge in [0.25, 0.3) is 11.2 Å². The topological polar surface area (TPSA) is 167 Å². The van der Waals surface area contributed by atoms with E-state index in [1.165, 1.54) is 12.1 Å². The van der Waals surface area contributed by atoms with Crippen molar-refractivity contribution in [3.63, 3.8) is 0 Å². The minimum atomic E-state index is -0.863. The minimum Gasteiger partial charge on any atom is -0.494 e. The van der Waals surface area contributed by atoms with E-state index in [0.717, 1.165) is 12.3 Å². The van der Waals surface area contributed by atoms with Gasteiger partial charge in [-0.3, -0.25) is 29.9 Å². The van der Waals surface area contributed by atoms with E-state index in [-0.39, 0.29) is 22.6 Å². The van der Waals surface area contributed by atoms with Crippen LogP contribution < -0.4 is 17.0 Å². The summed E-state index contributed by atoms with van der Waals surface area (Å²) in [6.07, 6.45) is 0.972. The third kappa shape index (κ3) is 2.94. The number of hydrogen-bond acceptors (Lipinski definition) is 7. The van der Waals surface area contributed by atoms with Crippen LogP contribution in [0.2, 0.25) is 0 Å². The fourth-order valence-corrected chi connectivity index (χ4v) is 1.51. The maximum atomic E-state index is 11.5. The molecule has 0 unspecified atom stereocenters. The second-order valence-corrected chi connectivity index (χ2v) is 3.93. The molecule has 5 N–H and O–H groups in total. The molecule has 0 saturated carbocycles. The first-order valence-electron chi connectivity index (χ1n) is 5.52. The fraction of sp³-hybridized carbons (Fsp3) is 0. The SMILES string of the molecule is Nc1ccc(N=Cc2c(O)[nH]c(=O)[nH]c2=O)cc1[N+](=O)[O-]. The van der Waals surface area contributed by atoms with Crippen molar-refractivity contribution in [2.24, 2.45) is 4.99 Å². The molecule has 0 aliphatic heterocycles. The number of H-pyrrole nitrogens is 2. The molecule has 10 heteroatoms. The number of nitro groups is 1. The summed E-state index contributed by atoms with van der Waals surface area (Å²) in [5.41, 5.74) is 3.25. The van der Waals surface area contributed by atoms with Crippen LogP contribution in [-0.2, 0) is 0 Å². The lowest BCUT2D eigenvalue weighted by Crippen LogP contribution is -2.24. The maximum Gasteiger partial charge on any atom is 0.328 e. The van der Waals surface area contributed by atoms with Crippen molar-refractivity contribution in [1.82, 2.24) is 9.97 Å². The van der Waals surface area contributed by atoms with Gasteiger partial charge in [-0.25, -0.2) is 4.79 Å². The highest BCUT2D eigenvalue weighted by Gasteiger charge is 2.11. The Morgan fingerprint density at radius 3 is 2.67 bits per heavy atom. The molecule has 0 radical (unpaired) electrons. The summed E-state index contributed by atoms with van der Waals surface area (Å²) in [5, 5.41) is 20.2. The Balaban J connectivity index is 2.43. The van der Waals surface area contributed by atoms with Crippen LogP contribution in [-0.4, -0.2) is 26.2 Å². The second kappa shape index (κ2) is 5.28. The Morgan fingerprint density at radius 2 is 2.05 bits per heavy atom. The summed E-state index contributed by atoms with van der Waals surface area (Å²) in [6.45, 7) is 0. The first kappa shape index (κ1) is 14.0. The summed E-state index contributed by atoms with van der Waals surface area (Å²) < 4.78 is 0. The highest BCUT2D eigenvalue weighted by atomic mass is 16.6. The number of hydrogen-bond donors (Lipinski definition) is 4. The van der Waals surface area contributed by atoms with Gasteiger partial charge in [-0.2, -0.15) is 0 Å². The smallest absolute Gasteiger partial charge is 0.328 e. The summed E-state index contributed by atoms with van der Waals surface area (Å²) in [7, 11) is 0. The van der Waals surface area contributed by atoms with E-state index in [2.05, 4.69) is 4.99 Å². The highest BCUT2D eigenvalue weighted by Crippen LogP contribution is 2.26. The number of nitrogen functional groups attached to an aromatic ring is 1. The normalized spacial score (nSPS) is 10.9. The summed E-state index contributed by atoms with van der Waals surface area (Å²) in [4.78, 5) is 40.1. The van der Waals surface area contributed by atoms with Gasteiger partial charge >= 0.3 is 5.69 Å². The molecule has 108 valence electrons. The molecule has 0 aliphatic rings. The van der Waals surface area contributed by atoms with Crippen LogP contribution in [0, 0.1) is 10.1 Å². The van der Waals surface area contributed by atoms with Gasteiger partial charge < -0.3 is 10.8 Å². The molecular formula is C11H9N5O5. The molecular weight excluding hydrogens is 282 g/mol. The zero-order chi connectivity index (χ0) is 15.6. The van der Waals surface area contributed by atoms with E-state index in [1.807, 2.05) is 9.97 Å². The Kier molecular flexibility index (Phi) is 3.52. The monoisotopic (exact) mass is 291 g/mol. The molecule has 0 fully saturated rings. The van der Waals surface area contributed by atoms with Crippen molar-refractivity contribution in [2.75, 3.05) is 5.73 Å². The number of aliphatic imine (C=N–C) groups is 1. The van der Waals surface area contributed by atoms with Crippen LogP contribution in [0.15, 0.2) is 32.8 Å². The van der Waals surface area contributed by atoms with Crippen LogP contribution in [0.1, 0.15) is 5.56 Å². The second-order valence-electron chi connectivity index (χ2n) is 3.93. The van der Waals surface area contributed by atoms with Gasteiger partial charge in [0, 0.05) is 12.3 Å². The Labute approximate surface area is 115 Å². The molecule has 1 aromatic heterocycles. The van der Waals surface area contributed by atoms with Crippen molar-refractivity contribution < 1.29 is 10.0 Å². The van der Waals surface area contributed by atoms with Gasteiger partial charge in [0.1, 0.15) is 11.3 Å². The predicted molar refractivity (Wildman–Crippen MR) is 74.1 cm³/mol. The summed E-state index contributed by atoms with van der Waals surface area (Å²) in [5.74, 6) is -0.655. The van der Waals surface area contributed by atoms with E-state index in [4.69, 9.17) is 5.73 Å². The number of nitrogens with one attached hydrogen (secondary N) is 2. The number of aromatic amines is 2. The Hall–Kier alpha value is -3.43. The quantitative estimate of drug-likeness (QED) is 0.269. The molecule has 0 atom stereocenters. The van der Waals surface area contributed by atoms with Crippen LogP contribution in [0.5, 0.6) is 5.88 Å². The standard InChI is InChI=1S/C11H9N5O5/c12-7-2-1-5(3-8(7)16(20)21)13-4-6-9(17)14-11(19)15-10(6)18/h1-4H,12H2,(H3,14,15,17,18,19). The van der Waals surface area contributed by atoms with E-state index >= 15 is 0 Å². The van der Waals surface area contributed by atoms with Crippen LogP contribution >= 0.6 is 0 Å². The van der Waals surface area contributed by atoms with Crippen molar-refractivity contribution in [3.05, 3.63) is 54.7 Å². The minimum absolute atomic E-state index is 0.0244. The average Bonchev–Trinajstić information content (AvgIpc) is 2.38. The number of aromatic hydroxyl groups is 1. The molecule has 1 aromatic carbocycles.